The lowest BCUT2D eigenvalue weighted by Gasteiger charge is -2.09. The molecule has 0 atom stereocenters. The maximum absolute atomic E-state index is 12.7. The van der Waals surface area contributed by atoms with E-state index < -0.39 is 11.9 Å². The van der Waals surface area contributed by atoms with E-state index in [0.717, 1.165) is 16.9 Å². The third-order valence-corrected chi connectivity index (χ3v) is 6.19. The van der Waals surface area contributed by atoms with Gasteiger partial charge in [0.05, 0.1) is 22.1 Å². The number of carbonyl (C=O) groups is 3. The maximum atomic E-state index is 12.7. The molecule has 0 aliphatic heterocycles. The molecule has 1 N–H and O–H groups in total. The number of nitrogens with one attached hydrogen (secondary N) is 1. The number of carbonyl (C=O) groups excluding carboxylic acids is 3. The molecule has 168 valence electrons. The van der Waals surface area contributed by atoms with Crippen LogP contribution in [0.5, 0.6) is 5.75 Å². The second kappa shape index (κ2) is 10.0. The lowest BCUT2D eigenvalue weighted by molar-refractivity contribution is 0.0527. The van der Waals surface area contributed by atoms with Crippen molar-refractivity contribution in [1.82, 2.24) is 0 Å². The molecule has 0 saturated heterocycles. The van der Waals surface area contributed by atoms with E-state index in [2.05, 4.69) is 5.32 Å². The number of benzene rings is 1. The van der Waals surface area contributed by atoms with Crippen molar-refractivity contribution < 1.29 is 28.3 Å². The number of amides is 1. The molecule has 0 fully saturated rings. The molecule has 0 spiro atoms. The molecule has 0 bridgehead atoms. The molecule has 9 heteroatoms. The highest BCUT2D eigenvalue weighted by molar-refractivity contribution is 7.18. The predicted molar refractivity (Wildman–Crippen MR) is 122 cm³/mol. The van der Waals surface area contributed by atoms with E-state index in [0.29, 0.717) is 27.0 Å². The average Bonchev–Trinajstić information content (AvgIpc) is 3.32. The highest BCUT2D eigenvalue weighted by Crippen LogP contribution is 2.34. The summed E-state index contributed by atoms with van der Waals surface area (Å²) in [7, 11) is 0. The Labute approximate surface area is 194 Å². The summed E-state index contributed by atoms with van der Waals surface area (Å²) < 4.78 is 16.4. The predicted octanol–water partition coefficient (Wildman–Crippen LogP) is 5.82. The molecular formula is C23H22ClNO6S. The molecule has 1 aromatic carbocycles. The molecule has 0 saturated carbocycles. The van der Waals surface area contributed by atoms with Crippen molar-refractivity contribution in [3.05, 3.63) is 68.4 Å². The standard InChI is InChI=1S/C23H22ClNO6S/c1-5-29-23(28)18-13(3)20(14(4)26)32-22(18)25-21(27)17-10-9-15(31-17)11-30-19-12(2)7-6-8-16(19)24/h6-10H,5,11H2,1-4H3,(H,25,27). The van der Waals surface area contributed by atoms with Crippen molar-refractivity contribution in [2.24, 2.45) is 0 Å². The Bertz CT molecular complexity index is 1160. The fourth-order valence-corrected chi connectivity index (χ4v) is 4.43. The van der Waals surface area contributed by atoms with Gasteiger partial charge in [0.1, 0.15) is 23.1 Å². The normalized spacial score (nSPS) is 10.7. The lowest BCUT2D eigenvalue weighted by atomic mass is 10.1. The minimum Gasteiger partial charge on any atom is -0.484 e. The number of ketones is 1. The minimum atomic E-state index is -0.604. The molecule has 3 rings (SSSR count). The average molecular weight is 476 g/mol. The first kappa shape index (κ1) is 23.6. The third kappa shape index (κ3) is 5.03. The van der Waals surface area contributed by atoms with E-state index in [1.807, 2.05) is 19.1 Å². The Hall–Kier alpha value is -3.10. The van der Waals surface area contributed by atoms with Gasteiger partial charge in [-0.1, -0.05) is 23.7 Å². The smallest absolute Gasteiger partial charge is 0.341 e. The summed E-state index contributed by atoms with van der Waals surface area (Å²) in [5, 5.41) is 3.37. The number of halogens is 1. The second-order valence-corrected chi connectivity index (χ2v) is 8.36. The van der Waals surface area contributed by atoms with Gasteiger partial charge < -0.3 is 19.2 Å². The highest BCUT2D eigenvalue weighted by Gasteiger charge is 2.26. The zero-order chi connectivity index (χ0) is 23.4. The number of ether oxygens (including phenoxy) is 2. The van der Waals surface area contributed by atoms with Crippen LogP contribution in [0.2, 0.25) is 5.02 Å². The van der Waals surface area contributed by atoms with E-state index in [1.165, 1.54) is 13.0 Å². The van der Waals surface area contributed by atoms with Crippen LogP contribution < -0.4 is 10.1 Å². The van der Waals surface area contributed by atoms with Crippen LogP contribution in [0.15, 0.2) is 34.7 Å². The molecule has 2 heterocycles. The van der Waals surface area contributed by atoms with Gasteiger partial charge in [-0.25, -0.2) is 4.79 Å². The van der Waals surface area contributed by atoms with E-state index in [4.69, 9.17) is 25.5 Å². The first-order valence-corrected chi connectivity index (χ1v) is 11.0. The van der Waals surface area contributed by atoms with E-state index in [9.17, 15) is 14.4 Å². The van der Waals surface area contributed by atoms with E-state index in [1.54, 1.807) is 26.0 Å². The monoisotopic (exact) mass is 475 g/mol. The van der Waals surface area contributed by atoms with Crippen molar-refractivity contribution >= 4 is 45.6 Å². The van der Waals surface area contributed by atoms with Crippen LogP contribution in [0.3, 0.4) is 0 Å². The van der Waals surface area contributed by atoms with Gasteiger partial charge in [-0.3, -0.25) is 9.59 Å². The van der Waals surface area contributed by atoms with E-state index in [-0.39, 0.29) is 35.3 Å². The van der Waals surface area contributed by atoms with Crippen LogP contribution in [-0.2, 0) is 11.3 Å². The molecule has 32 heavy (non-hydrogen) atoms. The first-order valence-electron chi connectivity index (χ1n) is 9.82. The number of esters is 1. The number of thiophene rings is 1. The number of anilines is 1. The summed E-state index contributed by atoms with van der Waals surface area (Å²) in [4.78, 5) is 37.4. The van der Waals surface area contributed by atoms with Crippen LogP contribution in [0.25, 0.3) is 0 Å². The second-order valence-electron chi connectivity index (χ2n) is 6.93. The summed E-state index contributed by atoms with van der Waals surface area (Å²) in [6.07, 6.45) is 0. The SMILES string of the molecule is CCOC(=O)c1c(NC(=O)c2ccc(COc3c(C)cccc3Cl)o2)sc(C(C)=O)c1C. The van der Waals surface area contributed by atoms with Crippen molar-refractivity contribution in [1.29, 1.82) is 0 Å². The summed E-state index contributed by atoms with van der Waals surface area (Å²) >= 11 is 7.19. The number of aryl methyl sites for hydroxylation is 1. The molecule has 0 aliphatic rings. The van der Waals surface area contributed by atoms with Crippen LogP contribution in [0.4, 0.5) is 5.00 Å². The Kier molecular flexibility index (Phi) is 7.37. The Morgan fingerprint density at radius 3 is 2.56 bits per heavy atom. The summed E-state index contributed by atoms with van der Waals surface area (Å²) in [5.41, 5.74) is 1.52. The number of rotatable bonds is 8. The Balaban J connectivity index is 1.77. The molecule has 0 radical (unpaired) electrons. The number of Topliss-reactive ketones (excluding diaryl/α,β-unsaturated/α-hetero) is 1. The maximum Gasteiger partial charge on any atom is 0.341 e. The number of furan rings is 1. The third-order valence-electron chi connectivity index (χ3n) is 4.58. The van der Waals surface area contributed by atoms with Crippen LogP contribution >= 0.6 is 22.9 Å². The summed E-state index contributed by atoms with van der Waals surface area (Å²) in [6, 6.07) is 8.55. The number of hydrogen-bond acceptors (Lipinski definition) is 7. The van der Waals surface area contributed by atoms with Crippen LogP contribution in [-0.4, -0.2) is 24.3 Å². The van der Waals surface area contributed by atoms with Gasteiger partial charge in [0.15, 0.2) is 11.5 Å². The molecule has 1 amide bonds. The van der Waals surface area contributed by atoms with Crippen LogP contribution in [0, 0.1) is 13.8 Å². The fourth-order valence-electron chi connectivity index (χ4n) is 3.07. The molecule has 7 nitrogen and oxygen atoms in total. The molecule has 2 aromatic heterocycles. The quantitative estimate of drug-likeness (QED) is 0.325. The van der Waals surface area contributed by atoms with Crippen molar-refractivity contribution in [3.8, 4) is 5.75 Å². The zero-order valence-corrected chi connectivity index (χ0v) is 19.6. The van der Waals surface area contributed by atoms with Gasteiger partial charge in [0.2, 0.25) is 0 Å². The summed E-state index contributed by atoms with van der Waals surface area (Å²) in [5.74, 6) is -0.372. The van der Waals surface area contributed by atoms with Gasteiger partial charge in [-0.2, -0.15) is 0 Å². The number of hydrogen-bond donors (Lipinski definition) is 1. The highest BCUT2D eigenvalue weighted by atomic mass is 35.5. The number of para-hydroxylation sites is 1. The molecule has 0 aliphatic carbocycles. The van der Waals surface area contributed by atoms with E-state index >= 15 is 0 Å². The first-order chi connectivity index (χ1) is 15.2. The fraction of sp³-hybridized carbons (Fsp3) is 0.261. The summed E-state index contributed by atoms with van der Waals surface area (Å²) in [6.45, 7) is 6.86. The molecular weight excluding hydrogens is 454 g/mol. The van der Waals surface area contributed by atoms with Crippen LogP contribution in [0.1, 0.15) is 61.3 Å². The van der Waals surface area contributed by atoms with Gasteiger partial charge in [-0.15, -0.1) is 11.3 Å². The lowest BCUT2D eigenvalue weighted by Crippen LogP contribution is -2.14. The van der Waals surface area contributed by atoms with Gasteiger partial charge >= 0.3 is 5.97 Å². The minimum absolute atomic E-state index is 0.0321. The van der Waals surface area contributed by atoms with Crippen molar-refractivity contribution in [3.63, 3.8) is 0 Å². The van der Waals surface area contributed by atoms with Crippen molar-refractivity contribution in [2.75, 3.05) is 11.9 Å². The molecule has 0 unspecified atom stereocenters. The van der Waals surface area contributed by atoms with Gasteiger partial charge in [0, 0.05) is 0 Å². The van der Waals surface area contributed by atoms with Gasteiger partial charge in [0.25, 0.3) is 5.91 Å². The van der Waals surface area contributed by atoms with Gasteiger partial charge in [-0.05, 0) is 57.0 Å². The zero-order valence-electron chi connectivity index (χ0n) is 18.0. The van der Waals surface area contributed by atoms with Crippen molar-refractivity contribution in [2.45, 2.75) is 34.3 Å². The Morgan fingerprint density at radius 2 is 1.91 bits per heavy atom. The largest absolute Gasteiger partial charge is 0.484 e. The topological polar surface area (TPSA) is 94.8 Å². The molecule has 3 aromatic rings. The Morgan fingerprint density at radius 1 is 1.16 bits per heavy atom.